The Bertz CT molecular complexity index is 557. The van der Waals surface area contributed by atoms with Crippen molar-refractivity contribution in [3.05, 3.63) is 40.3 Å². The number of hydrogen-bond acceptors (Lipinski definition) is 5. The van der Waals surface area contributed by atoms with E-state index in [0.29, 0.717) is 19.3 Å². The molecule has 0 radical (unpaired) electrons. The van der Waals surface area contributed by atoms with Gasteiger partial charge in [0.15, 0.2) is 0 Å². The first-order chi connectivity index (χ1) is 9.86. The van der Waals surface area contributed by atoms with Crippen molar-refractivity contribution in [1.29, 1.82) is 0 Å². The lowest BCUT2D eigenvalue weighted by Crippen LogP contribution is -2.22. The molecule has 0 saturated carbocycles. The van der Waals surface area contributed by atoms with Gasteiger partial charge in [0.05, 0.1) is 6.04 Å². The highest BCUT2D eigenvalue weighted by molar-refractivity contribution is 7.09. The van der Waals surface area contributed by atoms with Crippen LogP contribution in [0.25, 0.3) is 0 Å². The maximum atomic E-state index is 5.74. The monoisotopic (exact) mass is 290 g/mol. The van der Waals surface area contributed by atoms with E-state index in [-0.39, 0.29) is 0 Å². The fraction of sp³-hybridized carbons (Fsp3) is 0.400. The Morgan fingerprint density at radius 2 is 2.45 bits per heavy atom. The molecule has 2 heterocycles. The van der Waals surface area contributed by atoms with Crippen molar-refractivity contribution in [2.75, 3.05) is 13.2 Å². The van der Waals surface area contributed by atoms with E-state index in [0.717, 1.165) is 29.5 Å². The summed E-state index contributed by atoms with van der Waals surface area (Å²) in [6.07, 6.45) is 2.92. The number of fused-ring (bicyclic) bond motifs is 1. The first kappa shape index (κ1) is 13.4. The number of nitrogens with zero attached hydrogens (tertiary/aromatic N) is 1. The van der Waals surface area contributed by atoms with Crippen molar-refractivity contribution in [1.82, 2.24) is 10.3 Å². The highest BCUT2D eigenvalue weighted by Gasteiger charge is 2.23. The molecule has 1 N–H and O–H groups in total. The summed E-state index contributed by atoms with van der Waals surface area (Å²) in [6, 6.07) is 6.36. The number of rotatable bonds is 6. The molecule has 0 aliphatic carbocycles. The number of ether oxygens (including phenoxy) is 2. The zero-order valence-corrected chi connectivity index (χ0v) is 12.3. The highest BCUT2D eigenvalue weighted by Crippen LogP contribution is 2.35. The summed E-state index contributed by atoms with van der Waals surface area (Å²) in [6.45, 7) is 4.38. The summed E-state index contributed by atoms with van der Waals surface area (Å²) in [5.74, 6) is 1.75. The standard InChI is InChI=1S/C15H18N2O2S/c1-2-5-16-13-9-19-14-8-11(3-4-12(13)14)18-10-15-17-6-7-20-15/h3-4,6-8,13,16H,2,5,9-10H2,1H3. The van der Waals surface area contributed by atoms with Crippen LogP contribution in [0.4, 0.5) is 0 Å². The van der Waals surface area contributed by atoms with Crippen molar-refractivity contribution >= 4 is 11.3 Å². The zero-order valence-electron chi connectivity index (χ0n) is 11.5. The number of hydrogen-bond donors (Lipinski definition) is 1. The molecule has 0 fully saturated rings. The average Bonchev–Trinajstić information content (AvgIpc) is 3.12. The van der Waals surface area contributed by atoms with Crippen LogP contribution >= 0.6 is 11.3 Å². The van der Waals surface area contributed by atoms with Crippen LogP contribution in [-0.2, 0) is 6.61 Å². The van der Waals surface area contributed by atoms with E-state index >= 15 is 0 Å². The Morgan fingerprint density at radius 1 is 1.50 bits per heavy atom. The van der Waals surface area contributed by atoms with Gasteiger partial charge in [0.1, 0.15) is 29.7 Å². The second-order valence-electron chi connectivity index (χ2n) is 4.73. The van der Waals surface area contributed by atoms with Gasteiger partial charge in [-0.05, 0) is 25.1 Å². The van der Waals surface area contributed by atoms with Crippen LogP contribution in [0.5, 0.6) is 11.5 Å². The van der Waals surface area contributed by atoms with E-state index in [4.69, 9.17) is 9.47 Å². The maximum Gasteiger partial charge on any atom is 0.140 e. The Labute approximate surface area is 122 Å². The third-order valence-electron chi connectivity index (χ3n) is 3.25. The van der Waals surface area contributed by atoms with Crippen molar-refractivity contribution in [3.63, 3.8) is 0 Å². The van der Waals surface area contributed by atoms with E-state index in [1.165, 1.54) is 5.56 Å². The molecule has 0 amide bonds. The Balaban J connectivity index is 1.64. The molecule has 0 bridgehead atoms. The molecule has 20 heavy (non-hydrogen) atoms. The molecule has 3 rings (SSSR count). The molecule has 1 atom stereocenters. The topological polar surface area (TPSA) is 43.4 Å². The highest BCUT2D eigenvalue weighted by atomic mass is 32.1. The zero-order chi connectivity index (χ0) is 13.8. The van der Waals surface area contributed by atoms with Gasteiger partial charge >= 0.3 is 0 Å². The minimum absolute atomic E-state index is 0.304. The fourth-order valence-electron chi connectivity index (χ4n) is 2.24. The van der Waals surface area contributed by atoms with Crippen LogP contribution in [0.3, 0.4) is 0 Å². The van der Waals surface area contributed by atoms with Crippen molar-refractivity contribution in [2.45, 2.75) is 26.0 Å². The predicted octanol–water partition coefficient (Wildman–Crippen LogP) is 3.16. The van der Waals surface area contributed by atoms with Gasteiger partial charge in [-0.3, -0.25) is 0 Å². The van der Waals surface area contributed by atoms with Gasteiger partial charge in [0.25, 0.3) is 0 Å². The predicted molar refractivity (Wildman–Crippen MR) is 79.4 cm³/mol. The van der Waals surface area contributed by atoms with Gasteiger partial charge in [-0.15, -0.1) is 11.3 Å². The van der Waals surface area contributed by atoms with E-state index in [1.54, 1.807) is 17.5 Å². The van der Waals surface area contributed by atoms with Crippen LogP contribution in [0, 0.1) is 0 Å². The van der Waals surface area contributed by atoms with Gasteiger partial charge in [-0.1, -0.05) is 6.92 Å². The van der Waals surface area contributed by atoms with Gasteiger partial charge in [0, 0.05) is 23.2 Å². The quantitative estimate of drug-likeness (QED) is 0.887. The van der Waals surface area contributed by atoms with Gasteiger partial charge < -0.3 is 14.8 Å². The maximum absolute atomic E-state index is 5.74. The molecule has 1 aromatic carbocycles. The average molecular weight is 290 g/mol. The third-order valence-corrected chi connectivity index (χ3v) is 4.01. The van der Waals surface area contributed by atoms with Crippen molar-refractivity contribution in [3.8, 4) is 11.5 Å². The number of thiazole rings is 1. The SMILES string of the molecule is CCCNC1COc2cc(OCc3nccs3)ccc21. The van der Waals surface area contributed by atoms with Gasteiger partial charge in [0.2, 0.25) is 0 Å². The molecule has 1 aromatic heterocycles. The molecule has 4 nitrogen and oxygen atoms in total. The van der Waals surface area contributed by atoms with E-state index in [1.807, 2.05) is 17.5 Å². The summed E-state index contributed by atoms with van der Waals surface area (Å²) in [4.78, 5) is 4.20. The van der Waals surface area contributed by atoms with E-state index in [2.05, 4.69) is 23.3 Å². The second-order valence-corrected chi connectivity index (χ2v) is 5.71. The van der Waals surface area contributed by atoms with E-state index in [9.17, 15) is 0 Å². The molecule has 1 aliphatic rings. The summed E-state index contributed by atoms with van der Waals surface area (Å²) >= 11 is 1.60. The molecule has 2 aromatic rings. The summed E-state index contributed by atoms with van der Waals surface area (Å²) < 4.78 is 11.5. The minimum atomic E-state index is 0.304. The molecule has 1 aliphatic heterocycles. The van der Waals surface area contributed by atoms with Crippen LogP contribution in [0.1, 0.15) is 30.0 Å². The number of aromatic nitrogens is 1. The Morgan fingerprint density at radius 3 is 3.25 bits per heavy atom. The normalized spacial score (nSPS) is 16.8. The summed E-state index contributed by atoms with van der Waals surface area (Å²) in [5.41, 5.74) is 1.22. The summed E-state index contributed by atoms with van der Waals surface area (Å²) in [5, 5.41) is 6.42. The first-order valence-electron chi connectivity index (χ1n) is 6.88. The van der Waals surface area contributed by atoms with Gasteiger partial charge in [-0.2, -0.15) is 0 Å². The largest absolute Gasteiger partial charge is 0.491 e. The molecule has 1 unspecified atom stereocenters. The molecule has 106 valence electrons. The van der Waals surface area contributed by atoms with E-state index < -0.39 is 0 Å². The minimum Gasteiger partial charge on any atom is -0.491 e. The first-order valence-corrected chi connectivity index (χ1v) is 7.76. The Kier molecular flexibility index (Phi) is 4.18. The fourth-order valence-corrected chi connectivity index (χ4v) is 2.76. The molecule has 5 heteroatoms. The number of benzene rings is 1. The molecule has 0 spiro atoms. The van der Waals surface area contributed by atoms with Crippen LogP contribution in [0.2, 0.25) is 0 Å². The second kappa shape index (κ2) is 6.24. The van der Waals surface area contributed by atoms with Crippen molar-refractivity contribution in [2.24, 2.45) is 0 Å². The molecule has 0 saturated heterocycles. The van der Waals surface area contributed by atoms with Crippen LogP contribution in [0.15, 0.2) is 29.8 Å². The number of nitrogens with one attached hydrogen (secondary N) is 1. The molecular weight excluding hydrogens is 272 g/mol. The third kappa shape index (κ3) is 2.94. The Hall–Kier alpha value is -1.59. The van der Waals surface area contributed by atoms with Crippen LogP contribution in [-0.4, -0.2) is 18.1 Å². The lowest BCUT2D eigenvalue weighted by molar-refractivity contribution is 0.296. The van der Waals surface area contributed by atoms with Crippen molar-refractivity contribution < 1.29 is 9.47 Å². The van der Waals surface area contributed by atoms with Crippen LogP contribution < -0.4 is 14.8 Å². The molecular formula is C15H18N2O2S. The summed E-state index contributed by atoms with van der Waals surface area (Å²) in [7, 11) is 0. The lowest BCUT2D eigenvalue weighted by atomic mass is 10.1. The lowest BCUT2D eigenvalue weighted by Gasteiger charge is -2.10. The van der Waals surface area contributed by atoms with Gasteiger partial charge in [-0.25, -0.2) is 4.98 Å². The smallest absolute Gasteiger partial charge is 0.140 e.